The lowest BCUT2D eigenvalue weighted by atomic mass is 9.74. The molecule has 0 bridgehead atoms. The summed E-state index contributed by atoms with van der Waals surface area (Å²) >= 11 is 0. The lowest BCUT2D eigenvalue weighted by Gasteiger charge is -2.33. The molecule has 1 N–H and O–H groups in total. The average molecular weight is 535 g/mol. The van der Waals surface area contributed by atoms with E-state index in [1.807, 2.05) is 49.5 Å². The summed E-state index contributed by atoms with van der Waals surface area (Å²) in [5.41, 5.74) is 3.39. The van der Waals surface area contributed by atoms with E-state index in [9.17, 15) is 4.79 Å². The molecule has 40 heavy (non-hydrogen) atoms. The van der Waals surface area contributed by atoms with Crippen LogP contribution >= 0.6 is 0 Å². The molecule has 1 amide bonds. The van der Waals surface area contributed by atoms with E-state index in [-0.39, 0.29) is 11.8 Å². The van der Waals surface area contributed by atoms with Gasteiger partial charge in [0.05, 0.1) is 35.8 Å². The van der Waals surface area contributed by atoms with E-state index in [2.05, 4.69) is 34.9 Å². The van der Waals surface area contributed by atoms with Gasteiger partial charge in [-0.15, -0.1) is 10.2 Å². The minimum Gasteiger partial charge on any atom is -0.492 e. The summed E-state index contributed by atoms with van der Waals surface area (Å²) in [5.74, 6) is 2.61. The van der Waals surface area contributed by atoms with Gasteiger partial charge in [-0.05, 0) is 74.6 Å². The van der Waals surface area contributed by atoms with Gasteiger partial charge >= 0.3 is 0 Å². The molecule has 0 radical (unpaired) electrons. The maximum atomic E-state index is 13.1. The van der Waals surface area contributed by atoms with Crippen LogP contribution in [-0.4, -0.2) is 53.8 Å². The van der Waals surface area contributed by atoms with Crippen molar-refractivity contribution in [1.29, 1.82) is 0 Å². The Hall–Kier alpha value is -4.73. The summed E-state index contributed by atoms with van der Waals surface area (Å²) in [4.78, 5) is 30.8. The molecule has 0 aliphatic heterocycles. The van der Waals surface area contributed by atoms with Gasteiger partial charge in [0, 0.05) is 31.1 Å². The number of hydrogen-bond acceptors (Lipinski definition) is 8. The minimum atomic E-state index is -0.161. The highest BCUT2D eigenvalue weighted by Crippen LogP contribution is 2.42. The van der Waals surface area contributed by atoms with Gasteiger partial charge in [-0.2, -0.15) is 0 Å². The van der Waals surface area contributed by atoms with Crippen LogP contribution in [0.3, 0.4) is 0 Å². The van der Waals surface area contributed by atoms with Gasteiger partial charge in [0.2, 0.25) is 0 Å². The monoisotopic (exact) mass is 534 g/mol. The second kappa shape index (κ2) is 11.6. The van der Waals surface area contributed by atoms with E-state index < -0.39 is 0 Å². The van der Waals surface area contributed by atoms with Crippen LogP contribution < -0.4 is 10.1 Å². The third-order valence-corrected chi connectivity index (χ3v) is 7.40. The zero-order valence-corrected chi connectivity index (χ0v) is 22.3. The number of hydrogen-bond donors (Lipinski definition) is 1. The quantitative estimate of drug-likeness (QED) is 0.272. The summed E-state index contributed by atoms with van der Waals surface area (Å²) in [5, 5.41) is 12.4. The molecule has 0 spiro atoms. The summed E-state index contributed by atoms with van der Waals surface area (Å²) in [7, 11) is 0. The number of rotatable bonds is 10. The second-order valence-electron chi connectivity index (χ2n) is 9.81. The molecule has 1 aliphatic rings. The molecule has 1 aliphatic carbocycles. The Morgan fingerprint density at radius 3 is 2.67 bits per heavy atom. The van der Waals surface area contributed by atoms with E-state index in [1.165, 1.54) is 6.42 Å². The molecule has 1 unspecified atom stereocenters. The van der Waals surface area contributed by atoms with Crippen LogP contribution in [0.15, 0.2) is 73.4 Å². The molecule has 10 heteroatoms. The highest BCUT2D eigenvalue weighted by atomic mass is 16.5. The molecule has 10 nitrogen and oxygen atoms in total. The number of ether oxygens (including phenoxy) is 1. The molecule has 1 saturated carbocycles. The van der Waals surface area contributed by atoms with Crippen molar-refractivity contribution in [2.24, 2.45) is 5.92 Å². The van der Waals surface area contributed by atoms with Gasteiger partial charge in [-0.3, -0.25) is 24.3 Å². The van der Waals surface area contributed by atoms with Crippen LogP contribution in [0.5, 0.6) is 5.75 Å². The lowest BCUT2D eigenvalue weighted by Crippen LogP contribution is -2.30. The van der Waals surface area contributed by atoms with Gasteiger partial charge in [0.25, 0.3) is 5.91 Å². The van der Waals surface area contributed by atoms with Crippen LogP contribution in [0.4, 0.5) is 0 Å². The fourth-order valence-electron chi connectivity index (χ4n) is 5.22. The van der Waals surface area contributed by atoms with Crippen LogP contribution in [-0.2, 0) is 0 Å². The average Bonchev–Trinajstić information content (AvgIpc) is 3.41. The van der Waals surface area contributed by atoms with Crippen molar-refractivity contribution in [3.63, 3.8) is 0 Å². The second-order valence-corrected chi connectivity index (χ2v) is 9.81. The van der Waals surface area contributed by atoms with Crippen molar-refractivity contribution < 1.29 is 9.53 Å². The zero-order valence-electron chi connectivity index (χ0n) is 22.3. The topological polar surface area (TPSA) is 121 Å². The molecule has 0 saturated heterocycles. The van der Waals surface area contributed by atoms with Gasteiger partial charge in [-0.25, -0.2) is 4.98 Å². The van der Waals surface area contributed by atoms with E-state index in [1.54, 1.807) is 30.9 Å². The molecule has 5 heterocycles. The Morgan fingerprint density at radius 2 is 1.93 bits per heavy atom. The fourth-order valence-corrected chi connectivity index (χ4v) is 5.22. The Balaban J connectivity index is 1.28. The van der Waals surface area contributed by atoms with Gasteiger partial charge in [0.1, 0.15) is 22.8 Å². The molecular formula is C30H30N8O2. The molecular weight excluding hydrogens is 504 g/mol. The van der Waals surface area contributed by atoms with Crippen LogP contribution in [0, 0.1) is 5.92 Å². The van der Waals surface area contributed by atoms with Crippen molar-refractivity contribution in [2.75, 3.05) is 13.2 Å². The maximum absolute atomic E-state index is 13.1. The summed E-state index contributed by atoms with van der Waals surface area (Å²) in [6.07, 6.45) is 12.7. The SMILES string of the molecule is CCOc1ccc(-c2nnc(C(CCNC(=O)c3ccnc4cccnc34)C3CCC3)n2-c2cccnc2)nc1. The highest BCUT2D eigenvalue weighted by Gasteiger charge is 2.33. The van der Waals surface area contributed by atoms with Gasteiger partial charge in [-0.1, -0.05) is 6.42 Å². The standard InChI is InChI=1S/C30H30N8O2/c1-2-40-22-10-11-26(35-19-22)29-37-36-28(38(29)21-8-4-14-31-18-21)23(20-6-3-7-20)12-17-34-30(39)24-13-16-32-25-9-5-15-33-27(24)25/h4-5,8-11,13-16,18-20,23H,2-3,6-7,12,17H2,1H3,(H,34,39). The Bertz CT molecular complexity index is 1590. The first-order valence-electron chi connectivity index (χ1n) is 13.7. The number of carbonyl (C=O) groups excluding carboxylic acids is 1. The molecule has 1 atom stereocenters. The minimum absolute atomic E-state index is 0.102. The number of pyridine rings is 4. The Morgan fingerprint density at radius 1 is 1.02 bits per heavy atom. The molecule has 0 aromatic carbocycles. The van der Waals surface area contributed by atoms with Crippen LogP contribution in [0.2, 0.25) is 0 Å². The molecule has 6 rings (SSSR count). The number of fused-ring (bicyclic) bond motifs is 1. The summed E-state index contributed by atoms with van der Waals surface area (Å²) < 4.78 is 7.63. The maximum Gasteiger partial charge on any atom is 0.253 e. The number of nitrogens with zero attached hydrogens (tertiary/aromatic N) is 7. The largest absolute Gasteiger partial charge is 0.492 e. The first-order chi connectivity index (χ1) is 19.7. The summed E-state index contributed by atoms with van der Waals surface area (Å²) in [6.45, 7) is 3.01. The van der Waals surface area contributed by atoms with E-state index in [4.69, 9.17) is 9.84 Å². The zero-order chi connectivity index (χ0) is 27.3. The van der Waals surface area contributed by atoms with E-state index >= 15 is 0 Å². The lowest BCUT2D eigenvalue weighted by molar-refractivity contribution is 0.0951. The molecule has 5 aromatic heterocycles. The van der Waals surface area contributed by atoms with Crippen molar-refractivity contribution in [2.45, 2.75) is 38.5 Å². The molecule has 1 fully saturated rings. The Labute approximate surface area is 231 Å². The van der Waals surface area contributed by atoms with Crippen molar-refractivity contribution in [3.05, 3.63) is 84.8 Å². The first kappa shape index (κ1) is 25.5. The van der Waals surface area contributed by atoms with Gasteiger partial charge in [0.15, 0.2) is 5.82 Å². The third kappa shape index (κ3) is 5.12. The van der Waals surface area contributed by atoms with Crippen LogP contribution in [0.1, 0.15) is 54.7 Å². The number of nitrogens with one attached hydrogen (secondary N) is 1. The number of amides is 1. The predicted octanol–water partition coefficient (Wildman–Crippen LogP) is 4.77. The number of carbonyl (C=O) groups is 1. The fraction of sp³-hybridized carbons (Fsp3) is 0.300. The normalized spacial score (nSPS) is 14.0. The smallest absolute Gasteiger partial charge is 0.253 e. The summed E-state index contributed by atoms with van der Waals surface area (Å²) in [6, 6.07) is 13.1. The van der Waals surface area contributed by atoms with Crippen molar-refractivity contribution in [1.82, 2.24) is 40.0 Å². The predicted molar refractivity (Wildman–Crippen MR) is 150 cm³/mol. The van der Waals surface area contributed by atoms with Crippen molar-refractivity contribution >= 4 is 16.9 Å². The molecule has 5 aromatic rings. The van der Waals surface area contributed by atoms with Crippen LogP contribution in [0.25, 0.3) is 28.2 Å². The number of aromatic nitrogens is 7. The Kier molecular flexibility index (Phi) is 7.39. The van der Waals surface area contributed by atoms with Gasteiger partial charge < -0.3 is 10.1 Å². The van der Waals surface area contributed by atoms with E-state index in [0.29, 0.717) is 52.9 Å². The first-order valence-corrected chi connectivity index (χ1v) is 13.7. The third-order valence-electron chi connectivity index (χ3n) is 7.40. The van der Waals surface area contributed by atoms with Crippen molar-refractivity contribution in [3.8, 4) is 23.0 Å². The molecule has 202 valence electrons. The van der Waals surface area contributed by atoms with E-state index in [0.717, 1.165) is 30.8 Å². The highest BCUT2D eigenvalue weighted by molar-refractivity contribution is 6.04.